The summed E-state index contributed by atoms with van der Waals surface area (Å²) < 4.78 is 15.6. The zero-order valence-electron chi connectivity index (χ0n) is 13.5. The maximum atomic E-state index is 14.2. The van der Waals surface area contributed by atoms with Gasteiger partial charge in [-0.25, -0.2) is 4.39 Å². The molecule has 0 aliphatic heterocycles. The number of pyridine rings is 1. The lowest BCUT2D eigenvalue weighted by molar-refractivity contribution is 0.100. The Kier molecular flexibility index (Phi) is 3.57. The van der Waals surface area contributed by atoms with Gasteiger partial charge in [0, 0.05) is 35.0 Å². The van der Waals surface area contributed by atoms with Crippen molar-refractivity contribution < 1.29 is 14.3 Å². The second kappa shape index (κ2) is 5.49. The van der Waals surface area contributed by atoms with E-state index >= 15 is 0 Å². The van der Waals surface area contributed by atoms with Crippen LogP contribution in [0.25, 0.3) is 16.6 Å². The molecule has 0 radical (unpaired) electrons. The van der Waals surface area contributed by atoms with E-state index in [1.165, 1.54) is 23.9 Å². The monoisotopic (exact) mass is 339 g/mol. The highest BCUT2D eigenvalue weighted by Crippen LogP contribution is 2.37. The zero-order chi connectivity index (χ0) is 18.5. The number of carbonyl (C=O) groups excluding carboxylic acids is 1. The number of benzene rings is 1. The van der Waals surface area contributed by atoms with Crippen LogP contribution in [0, 0.1) is 31.0 Å². The van der Waals surface area contributed by atoms with Crippen LogP contribution in [0.1, 0.15) is 27.0 Å². The highest BCUT2D eigenvalue weighted by Gasteiger charge is 2.25. The van der Waals surface area contributed by atoms with Gasteiger partial charge in [0.1, 0.15) is 23.5 Å². The molecule has 2 heterocycles. The van der Waals surface area contributed by atoms with Crippen molar-refractivity contribution in [2.75, 3.05) is 5.73 Å². The summed E-state index contributed by atoms with van der Waals surface area (Å²) in [5.74, 6) is -1.77. The van der Waals surface area contributed by atoms with Gasteiger partial charge in [0.2, 0.25) is 0 Å². The molecule has 0 unspecified atom stereocenters. The van der Waals surface area contributed by atoms with E-state index in [9.17, 15) is 19.6 Å². The van der Waals surface area contributed by atoms with Gasteiger partial charge in [0.15, 0.2) is 0 Å². The Balaban J connectivity index is 2.62. The SMILES string of the molecule is Cc1c(O)cc(F)c(C)c1-n1c(N)c(C(N)=O)c2cncc(C#N)c21. The molecular formula is C17H14FN5O2. The number of nitriles is 1. The van der Waals surface area contributed by atoms with Crippen molar-refractivity contribution in [3.8, 4) is 17.5 Å². The quantitative estimate of drug-likeness (QED) is 0.657. The van der Waals surface area contributed by atoms with Gasteiger partial charge < -0.3 is 16.6 Å². The third-order valence-corrected chi connectivity index (χ3v) is 4.21. The molecule has 5 N–H and O–H groups in total. The van der Waals surface area contributed by atoms with Crippen molar-refractivity contribution in [3.05, 3.63) is 46.5 Å². The molecule has 3 rings (SSSR count). The first kappa shape index (κ1) is 16.3. The van der Waals surface area contributed by atoms with E-state index in [0.717, 1.165) is 6.07 Å². The number of nitrogens with two attached hydrogens (primary N) is 2. The van der Waals surface area contributed by atoms with Gasteiger partial charge in [-0.3, -0.25) is 14.3 Å². The predicted molar refractivity (Wildman–Crippen MR) is 89.8 cm³/mol. The van der Waals surface area contributed by atoms with Gasteiger partial charge in [0.05, 0.1) is 22.3 Å². The van der Waals surface area contributed by atoms with Crippen LogP contribution in [-0.4, -0.2) is 20.6 Å². The summed E-state index contributed by atoms with van der Waals surface area (Å²) in [5, 5.41) is 19.7. The number of hydrogen-bond donors (Lipinski definition) is 3. The summed E-state index contributed by atoms with van der Waals surface area (Å²) in [6.45, 7) is 3.10. The number of carbonyl (C=O) groups is 1. The Hall–Kier alpha value is -3.60. The summed E-state index contributed by atoms with van der Waals surface area (Å²) >= 11 is 0. The van der Waals surface area contributed by atoms with Gasteiger partial charge in [-0.05, 0) is 13.8 Å². The van der Waals surface area contributed by atoms with Crippen LogP contribution < -0.4 is 11.5 Å². The van der Waals surface area contributed by atoms with Crippen molar-refractivity contribution in [1.82, 2.24) is 9.55 Å². The molecule has 3 aromatic rings. The van der Waals surface area contributed by atoms with Crippen LogP contribution in [-0.2, 0) is 0 Å². The van der Waals surface area contributed by atoms with Crippen LogP contribution in [0.15, 0.2) is 18.5 Å². The molecule has 126 valence electrons. The Morgan fingerprint density at radius 1 is 1.36 bits per heavy atom. The van der Waals surface area contributed by atoms with Gasteiger partial charge in [-0.1, -0.05) is 0 Å². The molecule has 1 amide bonds. The van der Waals surface area contributed by atoms with E-state index in [-0.39, 0.29) is 44.8 Å². The molecular weight excluding hydrogens is 325 g/mol. The molecule has 1 aromatic carbocycles. The Morgan fingerprint density at radius 3 is 2.64 bits per heavy atom. The fourth-order valence-corrected chi connectivity index (χ4v) is 3.01. The van der Waals surface area contributed by atoms with Crippen LogP contribution in [0.3, 0.4) is 0 Å². The lowest BCUT2D eigenvalue weighted by Gasteiger charge is -2.17. The zero-order valence-corrected chi connectivity index (χ0v) is 13.5. The Labute approximate surface area is 141 Å². The number of primary amides is 1. The van der Waals surface area contributed by atoms with Crippen molar-refractivity contribution in [1.29, 1.82) is 5.26 Å². The Morgan fingerprint density at radius 2 is 2.04 bits per heavy atom. The minimum absolute atomic E-state index is 0.0119. The predicted octanol–water partition coefficient (Wildman–Crippen LogP) is 2.04. The molecule has 0 saturated carbocycles. The first-order valence-electron chi connectivity index (χ1n) is 7.26. The van der Waals surface area contributed by atoms with E-state index in [1.54, 1.807) is 6.92 Å². The number of hydrogen-bond acceptors (Lipinski definition) is 5. The number of aromatic hydroxyl groups is 1. The molecule has 0 saturated heterocycles. The molecule has 0 atom stereocenters. The second-order valence-corrected chi connectivity index (χ2v) is 5.63. The molecule has 0 bridgehead atoms. The number of phenols is 1. The van der Waals surface area contributed by atoms with Gasteiger partial charge >= 0.3 is 0 Å². The molecule has 7 nitrogen and oxygen atoms in total. The summed E-state index contributed by atoms with van der Waals surface area (Å²) in [6, 6.07) is 2.98. The molecule has 0 aliphatic carbocycles. The molecule has 0 spiro atoms. The largest absolute Gasteiger partial charge is 0.507 e. The van der Waals surface area contributed by atoms with Crippen LogP contribution in [0.2, 0.25) is 0 Å². The van der Waals surface area contributed by atoms with Gasteiger partial charge in [0.25, 0.3) is 5.91 Å². The summed E-state index contributed by atoms with van der Waals surface area (Å²) in [7, 11) is 0. The fourth-order valence-electron chi connectivity index (χ4n) is 3.01. The minimum Gasteiger partial charge on any atom is -0.507 e. The van der Waals surface area contributed by atoms with E-state index in [4.69, 9.17) is 11.5 Å². The van der Waals surface area contributed by atoms with E-state index in [1.807, 2.05) is 6.07 Å². The maximum Gasteiger partial charge on any atom is 0.253 e. The standard InChI is InChI=1S/C17H14FN5O2/c1-7-11(18)3-12(24)8(2)14(7)23-15-9(4-19)5-22-6-10(15)13(16(23)20)17(21)25/h3,5-6,24H,20H2,1-2H3,(H2,21,25). The number of nitrogens with zero attached hydrogens (tertiary/aromatic N) is 3. The highest BCUT2D eigenvalue weighted by atomic mass is 19.1. The minimum atomic E-state index is -0.797. The van der Waals surface area contributed by atoms with Crippen molar-refractivity contribution in [2.24, 2.45) is 5.73 Å². The third kappa shape index (κ3) is 2.17. The topological polar surface area (TPSA) is 131 Å². The number of phenolic OH excluding ortho intramolecular Hbond substituents is 1. The van der Waals surface area contributed by atoms with Gasteiger partial charge in [-0.2, -0.15) is 5.26 Å². The highest BCUT2D eigenvalue weighted by molar-refractivity contribution is 6.12. The van der Waals surface area contributed by atoms with Crippen molar-refractivity contribution >= 4 is 22.6 Å². The number of aromatic nitrogens is 2. The lowest BCUT2D eigenvalue weighted by atomic mass is 10.1. The lowest BCUT2D eigenvalue weighted by Crippen LogP contribution is -2.14. The van der Waals surface area contributed by atoms with Crippen LogP contribution in [0.4, 0.5) is 10.2 Å². The first-order chi connectivity index (χ1) is 11.8. The van der Waals surface area contributed by atoms with Crippen molar-refractivity contribution in [2.45, 2.75) is 13.8 Å². The summed E-state index contributed by atoms with van der Waals surface area (Å²) in [5.41, 5.74) is 12.8. The van der Waals surface area contributed by atoms with E-state index in [0.29, 0.717) is 5.56 Å². The number of rotatable bonds is 2. The average molecular weight is 339 g/mol. The maximum absolute atomic E-state index is 14.2. The average Bonchev–Trinajstić information content (AvgIpc) is 2.86. The van der Waals surface area contributed by atoms with Gasteiger partial charge in [-0.15, -0.1) is 0 Å². The van der Waals surface area contributed by atoms with Crippen molar-refractivity contribution in [3.63, 3.8) is 0 Å². The number of halogens is 1. The molecule has 0 fully saturated rings. The molecule has 2 aromatic heterocycles. The first-order valence-corrected chi connectivity index (χ1v) is 7.26. The number of amides is 1. The molecule has 8 heteroatoms. The van der Waals surface area contributed by atoms with E-state index in [2.05, 4.69) is 4.98 Å². The second-order valence-electron chi connectivity index (χ2n) is 5.63. The molecule has 25 heavy (non-hydrogen) atoms. The third-order valence-electron chi connectivity index (χ3n) is 4.21. The Bertz CT molecular complexity index is 1070. The number of nitrogen functional groups attached to an aromatic ring is 1. The summed E-state index contributed by atoms with van der Waals surface area (Å²) in [6.07, 6.45) is 2.68. The smallest absolute Gasteiger partial charge is 0.253 e. The van der Waals surface area contributed by atoms with Crippen LogP contribution >= 0.6 is 0 Å². The summed E-state index contributed by atoms with van der Waals surface area (Å²) in [4.78, 5) is 15.8. The number of anilines is 1. The number of fused-ring (bicyclic) bond motifs is 1. The van der Waals surface area contributed by atoms with E-state index < -0.39 is 11.7 Å². The fraction of sp³-hybridized carbons (Fsp3) is 0.118. The molecule has 0 aliphatic rings. The van der Waals surface area contributed by atoms with Crippen LogP contribution in [0.5, 0.6) is 5.75 Å². The normalized spacial score (nSPS) is 10.8.